The van der Waals surface area contributed by atoms with Crippen LogP contribution in [-0.2, 0) is 20.8 Å². The number of benzene rings is 1. The summed E-state index contributed by atoms with van der Waals surface area (Å²) >= 11 is 0. The van der Waals surface area contributed by atoms with Crippen molar-refractivity contribution in [2.75, 3.05) is 6.54 Å². The average molecular weight is 379 g/mol. The van der Waals surface area contributed by atoms with Gasteiger partial charge in [0.1, 0.15) is 11.8 Å². The normalized spacial score (nSPS) is 19.7. The zero-order valence-electron chi connectivity index (χ0n) is 15.0. The zero-order chi connectivity index (χ0) is 20.0. The molecule has 1 aliphatic heterocycles. The number of rotatable bonds is 8. The van der Waals surface area contributed by atoms with Gasteiger partial charge in [0, 0.05) is 6.42 Å². The van der Waals surface area contributed by atoms with Crippen molar-refractivity contribution in [3.05, 3.63) is 29.8 Å². The van der Waals surface area contributed by atoms with E-state index in [-0.39, 0.29) is 18.1 Å². The number of hydrogen-bond donors (Lipinski definition) is 6. The van der Waals surface area contributed by atoms with Crippen LogP contribution < -0.4 is 16.0 Å². The Kier molecular flexibility index (Phi) is 7.14. The number of carboxylic acid groups (broad SMARTS) is 1. The lowest BCUT2D eigenvalue weighted by molar-refractivity contribution is -0.145. The number of phenolic OH excluding ortho intramolecular Hbond substituents is 1. The number of phenols is 1. The van der Waals surface area contributed by atoms with Gasteiger partial charge in [-0.25, -0.2) is 4.79 Å². The molecule has 1 aliphatic rings. The number of amides is 2. The van der Waals surface area contributed by atoms with E-state index in [1.165, 1.54) is 19.1 Å². The quantitative estimate of drug-likeness (QED) is 0.344. The lowest BCUT2D eigenvalue weighted by Crippen LogP contribution is -2.57. The second kappa shape index (κ2) is 9.33. The summed E-state index contributed by atoms with van der Waals surface area (Å²) in [6.07, 6.45) is 0.324. The fraction of sp³-hybridized carbons (Fsp3) is 0.500. The fourth-order valence-corrected chi connectivity index (χ4v) is 2.90. The number of carbonyl (C=O) groups excluding carboxylic acids is 2. The van der Waals surface area contributed by atoms with Gasteiger partial charge in [-0.3, -0.25) is 9.59 Å². The molecule has 6 N–H and O–H groups in total. The third kappa shape index (κ3) is 5.93. The minimum atomic E-state index is -1.48. The van der Waals surface area contributed by atoms with Crippen molar-refractivity contribution in [2.24, 2.45) is 0 Å². The third-order valence-corrected chi connectivity index (χ3v) is 4.43. The Morgan fingerprint density at radius 1 is 1.22 bits per heavy atom. The van der Waals surface area contributed by atoms with E-state index < -0.39 is 36.1 Å². The molecular formula is C18H25N3O6. The van der Waals surface area contributed by atoms with Crippen LogP contribution in [0, 0.1) is 0 Å². The van der Waals surface area contributed by atoms with Crippen LogP contribution in [0.5, 0.6) is 5.75 Å². The van der Waals surface area contributed by atoms with Gasteiger partial charge in [-0.2, -0.15) is 0 Å². The molecule has 0 radical (unpaired) electrons. The molecule has 2 amide bonds. The maximum absolute atomic E-state index is 12.6. The van der Waals surface area contributed by atoms with Crippen LogP contribution in [0.2, 0.25) is 0 Å². The fourth-order valence-electron chi connectivity index (χ4n) is 2.90. The van der Waals surface area contributed by atoms with Gasteiger partial charge < -0.3 is 31.3 Å². The molecule has 1 aromatic carbocycles. The Morgan fingerprint density at radius 3 is 2.41 bits per heavy atom. The monoisotopic (exact) mass is 379 g/mol. The molecule has 0 aliphatic carbocycles. The Labute approximate surface area is 156 Å². The number of aliphatic carboxylic acids is 1. The second-order valence-electron chi connectivity index (χ2n) is 6.65. The molecule has 27 heavy (non-hydrogen) atoms. The summed E-state index contributed by atoms with van der Waals surface area (Å²) in [6.45, 7) is 1.98. The number of aliphatic hydroxyl groups is 1. The van der Waals surface area contributed by atoms with Gasteiger partial charge in [-0.1, -0.05) is 12.1 Å². The Bertz CT molecular complexity index is 670. The van der Waals surface area contributed by atoms with Crippen LogP contribution in [-0.4, -0.2) is 63.9 Å². The summed E-state index contributed by atoms with van der Waals surface area (Å²) in [4.78, 5) is 36.2. The van der Waals surface area contributed by atoms with Gasteiger partial charge in [-0.15, -0.1) is 0 Å². The molecule has 0 spiro atoms. The van der Waals surface area contributed by atoms with E-state index in [4.69, 9.17) is 5.11 Å². The molecule has 4 atom stereocenters. The van der Waals surface area contributed by atoms with E-state index in [0.717, 1.165) is 13.0 Å². The standard InChI is InChI=1S/C18H25N3O6/c1-10(22)15(18(26)27)21-17(25)14(9-11-4-6-12(23)7-5-11)20-16(24)13-3-2-8-19-13/h4-7,10,13-15,19,22-23H,2-3,8-9H2,1H3,(H,20,24)(H,21,25)(H,26,27)/t10-,13+,14+,15+/m1/s1. The minimum absolute atomic E-state index is 0.0685. The number of carbonyl (C=O) groups is 3. The van der Waals surface area contributed by atoms with Crippen molar-refractivity contribution in [2.45, 2.75) is 50.4 Å². The first-order chi connectivity index (χ1) is 12.8. The molecule has 0 bridgehead atoms. The van der Waals surface area contributed by atoms with Crippen molar-refractivity contribution >= 4 is 17.8 Å². The van der Waals surface area contributed by atoms with Crippen LogP contribution in [0.25, 0.3) is 0 Å². The Hall–Kier alpha value is -2.65. The molecule has 1 fully saturated rings. The van der Waals surface area contributed by atoms with Gasteiger partial charge in [0.25, 0.3) is 0 Å². The summed E-state index contributed by atoms with van der Waals surface area (Å²) in [5.74, 6) is -2.34. The highest BCUT2D eigenvalue weighted by Gasteiger charge is 2.31. The lowest BCUT2D eigenvalue weighted by Gasteiger charge is -2.24. The van der Waals surface area contributed by atoms with Crippen molar-refractivity contribution in [1.82, 2.24) is 16.0 Å². The molecule has 1 aromatic rings. The van der Waals surface area contributed by atoms with Crippen LogP contribution >= 0.6 is 0 Å². The SMILES string of the molecule is C[C@@H](O)[C@H](NC(=O)[C@H](Cc1ccc(O)cc1)NC(=O)[C@@H]1CCCN1)C(=O)O. The van der Waals surface area contributed by atoms with Crippen LogP contribution in [0.4, 0.5) is 0 Å². The van der Waals surface area contributed by atoms with Gasteiger partial charge >= 0.3 is 5.97 Å². The number of aromatic hydroxyl groups is 1. The van der Waals surface area contributed by atoms with Crippen LogP contribution in [0.15, 0.2) is 24.3 Å². The topological polar surface area (TPSA) is 148 Å². The molecule has 0 unspecified atom stereocenters. The molecule has 1 saturated heterocycles. The Morgan fingerprint density at radius 2 is 1.89 bits per heavy atom. The van der Waals surface area contributed by atoms with E-state index in [0.29, 0.717) is 12.0 Å². The molecule has 2 rings (SSSR count). The van der Waals surface area contributed by atoms with Gasteiger partial charge in [-0.05, 0) is 44.0 Å². The molecule has 0 saturated carbocycles. The lowest BCUT2D eigenvalue weighted by atomic mass is 10.0. The van der Waals surface area contributed by atoms with E-state index in [1.807, 2.05) is 0 Å². The first kappa shape index (κ1) is 20.7. The molecule has 9 nitrogen and oxygen atoms in total. The van der Waals surface area contributed by atoms with Crippen molar-refractivity contribution < 1.29 is 29.7 Å². The number of aliphatic hydroxyl groups excluding tert-OH is 1. The predicted molar refractivity (Wildman–Crippen MR) is 96.0 cm³/mol. The van der Waals surface area contributed by atoms with Crippen molar-refractivity contribution in [3.63, 3.8) is 0 Å². The zero-order valence-corrected chi connectivity index (χ0v) is 15.0. The number of nitrogens with one attached hydrogen (secondary N) is 3. The van der Waals surface area contributed by atoms with E-state index in [2.05, 4.69) is 16.0 Å². The summed E-state index contributed by atoms with van der Waals surface area (Å²) in [7, 11) is 0. The van der Waals surface area contributed by atoms with Crippen LogP contribution in [0.1, 0.15) is 25.3 Å². The molecule has 0 aromatic heterocycles. The number of hydrogen-bond acceptors (Lipinski definition) is 6. The smallest absolute Gasteiger partial charge is 0.328 e. The maximum atomic E-state index is 12.6. The molecule has 1 heterocycles. The van der Waals surface area contributed by atoms with E-state index >= 15 is 0 Å². The highest BCUT2D eigenvalue weighted by molar-refractivity contribution is 5.92. The first-order valence-electron chi connectivity index (χ1n) is 8.81. The molecular weight excluding hydrogens is 354 g/mol. The van der Waals surface area contributed by atoms with Crippen molar-refractivity contribution in [1.29, 1.82) is 0 Å². The van der Waals surface area contributed by atoms with E-state index in [9.17, 15) is 24.6 Å². The predicted octanol–water partition coefficient (Wildman–Crippen LogP) is -0.878. The van der Waals surface area contributed by atoms with Gasteiger partial charge in [0.15, 0.2) is 6.04 Å². The Balaban J connectivity index is 2.13. The largest absolute Gasteiger partial charge is 0.508 e. The highest BCUT2D eigenvalue weighted by atomic mass is 16.4. The van der Waals surface area contributed by atoms with Crippen molar-refractivity contribution in [3.8, 4) is 5.75 Å². The summed E-state index contributed by atoms with van der Waals surface area (Å²) in [5.41, 5.74) is 0.677. The van der Waals surface area contributed by atoms with Gasteiger partial charge in [0.2, 0.25) is 11.8 Å². The summed E-state index contributed by atoms with van der Waals surface area (Å²) < 4.78 is 0. The van der Waals surface area contributed by atoms with Crippen LogP contribution in [0.3, 0.4) is 0 Å². The summed E-state index contributed by atoms with van der Waals surface area (Å²) in [5, 5.41) is 36.1. The van der Waals surface area contributed by atoms with Gasteiger partial charge in [0.05, 0.1) is 12.1 Å². The second-order valence-corrected chi connectivity index (χ2v) is 6.65. The molecule has 148 valence electrons. The molecule has 9 heteroatoms. The minimum Gasteiger partial charge on any atom is -0.508 e. The highest BCUT2D eigenvalue weighted by Crippen LogP contribution is 2.12. The average Bonchev–Trinajstić information content (AvgIpc) is 3.14. The number of carboxylic acids is 1. The third-order valence-electron chi connectivity index (χ3n) is 4.43. The summed E-state index contributed by atoms with van der Waals surface area (Å²) in [6, 6.07) is 3.23. The first-order valence-corrected chi connectivity index (χ1v) is 8.81. The maximum Gasteiger partial charge on any atom is 0.328 e. The van der Waals surface area contributed by atoms with E-state index in [1.54, 1.807) is 12.1 Å².